The van der Waals surface area contributed by atoms with Crippen LogP contribution in [0, 0.1) is 0 Å². The Morgan fingerprint density at radius 3 is 2.29 bits per heavy atom. The molecule has 0 atom stereocenters. The average molecular weight is 213 g/mol. The van der Waals surface area contributed by atoms with Crippen molar-refractivity contribution in [3.05, 3.63) is 0 Å². The SMILES string of the molecule is O=C1CCN(CC(F)(F)C(F)F)C1=O. The van der Waals surface area contributed by atoms with Crippen LogP contribution in [0.2, 0.25) is 0 Å². The molecule has 0 aromatic heterocycles. The van der Waals surface area contributed by atoms with Crippen LogP contribution < -0.4 is 0 Å². The summed E-state index contributed by atoms with van der Waals surface area (Å²) in [6.45, 7) is -1.60. The van der Waals surface area contributed by atoms with Crippen molar-refractivity contribution < 1.29 is 27.2 Å². The Morgan fingerprint density at radius 2 is 1.93 bits per heavy atom. The van der Waals surface area contributed by atoms with Crippen molar-refractivity contribution in [2.75, 3.05) is 13.1 Å². The zero-order valence-corrected chi connectivity index (χ0v) is 6.97. The fourth-order valence-electron chi connectivity index (χ4n) is 1.10. The summed E-state index contributed by atoms with van der Waals surface area (Å²) in [7, 11) is 0. The lowest BCUT2D eigenvalue weighted by molar-refractivity contribution is -0.155. The van der Waals surface area contributed by atoms with Gasteiger partial charge in [-0.2, -0.15) is 8.78 Å². The van der Waals surface area contributed by atoms with Gasteiger partial charge in [0.15, 0.2) is 0 Å². The van der Waals surface area contributed by atoms with E-state index in [4.69, 9.17) is 0 Å². The summed E-state index contributed by atoms with van der Waals surface area (Å²) in [6, 6.07) is 0. The molecule has 0 N–H and O–H groups in total. The minimum atomic E-state index is -4.25. The van der Waals surface area contributed by atoms with E-state index in [2.05, 4.69) is 0 Å². The molecule has 1 heterocycles. The molecule has 0 saturated carbocycles. The van der Waals surface area contributed by atoms with Crippen LogP contribution in [-0.4, -0.2) is 42.0 Å². The molecule has 1 fully saturated rings. The highest BCUT2D eigenvalue weighted by atomic mass is 19.3. The van der Waals surface area contributed by atoms with Gasteiger partial charge in [-0.1, -0.05) is 0 Å². The van der Waals surface area contributed by atoms with Gasteiger partial charge in [0.1, 0.15) is 0 Å². The number of carbonyl (C=O) groups excluding carboxylic acids is 2. The molecule has 1 saturated heterocycles. The number of likely N-dealkylation sites (tertiary alicyclic amines) is 1. The number of amides is 1. The third-order valence-corrected chi connectivity index (χ3v) is 1.86. The van der Waals surface area contributed by atoms with Gasteiger partial charge >= 0.3 is 12.3 Å². The van der Waals surface area contributed by atoms with E-state index in [1.54, 1.807) is 0 Å². The maximum absolute atomic E-state index is 12.4. The zero-order valence-electron chi connectivity index (χ0n) is 6.97. The van der Waals surface area contributed by atoms with E-state index in [1.165, 1.54) is 0 Å². The van der Waals surface area contributed by atoms with E-state index in [0.29, 0.717) is 4.90 Å². The molecular formula is C7H7F4NO2. The lowest BCUT2D eigenvalue weighted by atomic mass is 10.3. The number of nitrogens with zero attached hydrogens (tertiary/aromatic N) is 1. The van der Waals surface area contributed by atoms with Crippen LogP contribution in [0.1, 0.15) is 6.42 Å². The number of rotatable bonds is 3. The van der Waals surface area contributed by atoms with Crippen molar-refractivity contribution in [3.63, 3.8) is 0 Å². The Bertz CT molecular complexity index is 266. The van der Waals surface area contributed by atoms with Gasteiger partial charge in [-0.05, 0) is 0 Å². The fraction of sp³-hybridized carbons (Fsp3) is 0.714. The minimum absolute atomic E-state index is 0.182. The van der Waals surface area contributed by atoms with Crippen molar-refractivity contribution >= 4 is 11.7 Å². The monoisotopic (exact) mass is 213 g/mol. The molecule has 3 nitrogen and oxygen atoms in total. The molecular weight excluding hydrogens is 206 g/mol. The van der Waals surface area contributed by atoms with Gasteiger partial charge in [0.05, 0.1) is 6.54 Å². The summed E-state index contributed by atoms with van der Waals surface area (Å²) in [5.41, 5.74) is 0. The van der Waals surface area contributed by atoms with E-state index in [9.17, 15) is 27.2 Å². The van der Waals surface area contributed by atoms with Crippen LogP contribution in [0.15, 0.2) is 0 Å². The third-order valence-electron chi connectivity index (χ3n) is 1.86. The second-order valence-electron chi connectivity index (χ2n) is 2.96. The standard InChI is InChI=1S/C7H7F4NO2/c8-6(9)7(10,11)3-12-2-1-4(13)5(12)14/h6H,1-3H2. The maximum Gasteiger partial charge on any atom is 0.324 e. The van der Waals surface area contributed by atoms with Gasteiger partial charge < -0.3 is 4.90 Å². The van der Waals surface area contributed by atoms with E-state index in [1.807, 2.05) is 0 Å². The van der Waals surface area contributed by atoms with E-state index in [-0.39, 0.29) is 13.0 Å². The van der Waals surface area contributed by atoms with Crippen molar-refractivity contribution in [2.45, 2.75) is 18.8 Å². The largest absolute Gasteiger partial charge is 0.329 e. The maximum atomic E-state index is 12.4. The van der Waals surface area contributed by atoms with Crippen molar-refractivity contribution in [3.8, 4) is 0 Å². The normalized spacial score (nSPS) is 18.5. The second-order valence-corrected chi connectivity index (χ2v) is 2.96. The first-order chi connectivity index (χ1) is 6.34. The fourth-order valence-corrected chi connectivity index (χ4v) is 1.10. The molecule has 80 valence electrons. The number of Topliss-reactive ketones (excluding diaryl/α,β-unsaturated/α-hetero) is 1. The summed E-state index contributed by atoms with van der Waals surface area (Å²) in [6.07, 6.45) is -4.01. The predicted molar refractivity (Wildman–Crippen MR) is 37.2 cm³/mol. The Hall–Kier alpha value is -1.14. The molecule has 0 aromatic rings. The molecule has 0 bridgehead atoms. The molecule has 1 aliphatic rings. The Balaban J connectivity index is 2.62. The van der Waals surface area contributed by atoms with Crippen molar-refractivity contribution in [2.24, 2.45) is 0 Å². The van der Waals surface area contributed by atoms with Gasteiger partial charge in [-0.3, -0.25) is 9.59 Å². The third kappa shape index (κ3) is 2.02. The topological polar surface area (TPSA) is 37.4 Å². The highest BCUT2D eigenvalue weighted by Gasteiger charge is 2.45. The van der Waals surface area contributed by atoms with Gasteiger partial charge in [0.25, 0.3) is 5.91 Å². The number of hydrogen-bond acceptors (Lipinski definition) is 2. The van der Waals surface area contributed by atoms with E-state index < -0.39 is 30.6 Å². The Kier molecular flexibility index (Phi) is 2.77. The number of hydrogen-bond donors (Lipinski definition) is 0. The van der Waals surface area contributed by atoms with Gasteiger partial charge in [0.2, 0.25) is 5.78 Å². The molecule has 1 rings (SSSR count). The van der Waals surface area contributed by atoms with Gasteiger partial charge in [-0.25, -0.2) is 8.78 Å². The first-order valence-electron chi connectivity index (χ1n) is 3.82. The number of carbonyl (C=O) groups is 2. The van der Waals surface area contributed by atoms with Crippen LogP contribution in [0.3, 0.4) is 0 Å². The number of alkyl halides is 4. The van der Waals surface area contributed by atoms with E-state index in [0.717, 1.165) is 0 Å². The Morgan fingerprint density at radius 1 is 1.36 bits per heavy atom. The molecule has 0 radical (unpaired) electrons. The molecule has 1 amide bonds. The zero-order chi connectivity index (χ0) is 10.9. The quantitative estimate of drug-likeness (QED) is 0.511. The summed E-state index contributed by atoms with van der Waals surface area (Å²) in [4.78, 5) is 21.9. The first kappa shape index (κ1) is 10.9. The summed E-state index contributed by atoms with van der Waals surface area (Å²) < 4.78 is 48.3. The molecule has 0 aromatic carbocycles. The number of ketones is 1. The van der Waals surface area contributed by atoms with Crippen LogP contribution in [-0.2, 0) is 9.59 Å². The molecule has 0 spiro atoms. The van der Waals surface area contributed by atoms with Crippen molar-refractivity contribution in [1.29, 1.82) is 0 Å². The van der Waals surface area contributed by atoms with E-state index >= 15 is 0 Å². The summed E-state index contributed by atoms with van der Waals surface area (Å²) >= 11 is 0. The van der Waals surface area contributed by atoms with Gasteiger partial charge in [0, 0.05) is 13.0 Å². The molecule has 0 unspecified atom stereocenters. The lowest BCUT2D eigenvalue weighted by Gasteiger charge is -2.21. The lowest BCUT2D eigenvalue weighted by Crippen LogP contribution is -2.42. The summed E-state index contributed by atoms with van der Waals surface area (Å²) in [5, 5.41) is 0. The predicted octanol–water partition coefficient (Wildman–Crippen LogP) is 0.688. The smallest absolute Gasteiger partial charge is 0.324 e. The number of halogens is 4. The minimum Gasteiger partial charge on any atom is -0.329 e. The highest BCUT2D eigenvalue weighted by Crippen LogP contribution is 2.25. The second kappa shape index (κ2) is 3.55. The van der Waals surface area contributed by atoms with Crippen LogP contribution in [0.5, 0.6) is 0 Å². The Labute approximate surface area is 76.7 Å². The van der Waals surface area contributed by atoms with Crippen molar-refractivity contribution in [1.82, 2.24) is 4.90 Å². The molecule has 0 aliphatic carbocycles. The molecule has 1 aliphatic heterocycles. The molecule has 7 heteroatoms. The highest BCUT2D eigenvalue weighted by molar-refractivity contribution is 6.37. The van der Waals surface area contributed by atoms with Crippen LogP contribution >= 0.6 is 0 Å². The first-order valence-corrected chi connectivity index (χ1v) is 3.82. The molecule has 14 heavy (non-hydrogen) atoms. The summed E-state index contributed by atoms with van der Waals surface area (Å²) in [5.74, 6) is -6.17. The van der Waals surface area contributed by atoms with Gasteiger partial charge in [-0.15, -0.1) is 0 Å². The van der Waals surface area contributed by atoms with Crippen LogP contribution in [0.4, 0.5) is 17.6 Å². The van der Waals surface area contributed by atoms with Crippen LogP contribution in [0.25, 0.3) is 0 Å². The average Bonchev–Trinajstić information content (AvgIpc) is 2.35.